The van der Waals surface area contributed by atoms with E-state index in [1.54, 1.807) is 21.0 Å². The fraction of sp³-hybridized carbons (Fsp3) is 0.778. The van der Waals surface area contributed by atoms with Gasteiger partial charge in [0.25, 0.3) is 0 Å². The fourth-order valence-corrected chi connectivity index (χ4v) is 1.76. The third-order valence-electron chi connectivity index (χ3n) is 1.70. The summed E-state index contributed by atoms with van der Waals surface area (Å²) in [4.78, 5) is 23.7. The van der Waals surface area contributed by atoms with Gasteiger partial charge in [-0.15, -0.1) is 0 Å². The number of rotatable bonds is 5. The van der Waals surface area contributed by atoms with Crippen LogP contribution >= 0.6 is 11.8 Å². The molecule has 1 unspecified atom stereocenters. The summed E-state index contributed by atoms with van der Waals surface area (Å²) in [5, 5.41) is 0. The Morgan fingerprint density at radius 2 is 2.00 bits per heavy atom. The molecule has 0 saturated heterocycles. The normalized spacial score (nSPS) is 12.0. The fourth-order valence-electron chi connectivity index (χ4n) is 0.721. The zero-order valence-electron chi connectivity index (χ0n) is 9.07. The second kappa shape index (κ2) is 6.70. The zero-order valence-corrected chi connectivity index (χ0v) is 9.89. The molecule has 0 aromatic carbocycles. The summed E-state index contributed by atoms with van der Waals surface area (Å²) in [5.41, 5.74) is 0. The van der Waals surface area contributed by atoms with E-state index in [0.717, 1.165) is 0 Å². The number of ether oxygens (including phenoxy) is 1. The number of hydrogen-bond donors (Lipinski definition) is 0. The third-order valence-corrected chi connectivity index (χ3v) is 2.88. The lowest BCUT2D eigenvalue weighted by molar-refractivity contribution is -0.144. The van der Waals surface area contributed by atoms with Gasteiger partial charge in [-0.05, 0) is 0 Å². The van der Waals surface area contributed by atoms with Crippen molar-refractivity contribution >= 4 is 23.6 Å². The molecule has 5 heteroatoms. The Labute approximate surface area is 89.0 Å². The molecule has 0 saturated carbocycles. The number of methoxy groups -OCH3 is 1. The Bertz CT molecular complexity index is 206. The smallest absolute Gasteiger partial charge is 0.309 e. The lowest BCUT2D eigenvalue weighted by Crippen LogP contribution is -2.24. The van der Waals surface area contributed by atoms with Crippen molar-refractivity contribution in [3.05, 3.63) is 0 Å². The number of esters is 1. The Balaban J connectivity index is 3.64. The first-order valence-electron chi connectivity index (χ1n) is 4.34. The molecule has 0 aromatic rings. The van der Waals surface area contributed by atoms with E-state index in [4.69, 9.17) is 0 Å². The van der Waals surface area contributed by atoms with Gasteiger partial charge in [-0.1, -0.05) is 6.92 Å². The maximum atomic E-state index is 11.2. The molecular formula is C9H17NO3S. The van der Waals surface area contributed by atoms with Crippen LogP contribution in [0.5, 0.6) is 0 Å². The minimum atomic E-state index is -0.227. The number of hydrogen-bond acceptors (Lipinski definition) is 4. The number of carbonyl (C=O) groups is 2. The van der Waals surface area contributed by atoms with Crippen molar-refractivity contribution in [2.24, 2.45) is 5.92 Å². The monoisotopic (exact) mass is 219 g/mol. The lowest BCUT2D eigenvalue weighted by Gasteiger charge is -2.11. The molecule has 0 N–H and O–H groups in total. The maximum Gasteiger partial charge on any atom is 0.309 e. The highest BCUT2D eigenvalue weighted by molar-refractivity contribution is 7.99. The van der Waals surface area contributed by atoms with Gasteiger partial charge < -0.3 is 9.64 Å². The maximum absolute atomic E-state index is 11.2. The molecule has 0 rings (SSSR count). The van der Waals surface area contributed by atoms with Crippen LogP contribution in [0.1, 0.15) is 6.92 Å². The predicted octanol–water partition coefficient (Wildman–Crippen LogP) is 0.617. The minimum absolute atomic E-state index is 0.0621. The van der Waals surface area contributed by atoms with Crippen molar-refractivity contribution in [2.75, 3.05) is 32.7 Å². The van der Waals surface area contributed by atoms with Crippen molar-refractivity contribution in [3.63, 3.8) is 0 Å². The molecule has 0 heterocycles. The van der Waals surface area contributed by atoms with Gasteiger partial charge in [0.15, 0.2) is 0 Å². The molecular weight excluding hydrogens is 202 g/mol. The highest BCUT2D eigenvalue weighted by Crippen LogP contribution is 2.09. The van der Waals surface area contributed by atoms with E-state index in [-0.39, 0.29) is 17.8 Å². The first kappa shape index (κ1) is 13.3. The molecule has 0 fully saturated rings. The summed E-state index contributed by atoms with van der Waals surface area (Å²) < 4.78 is 4.57. The first-order chi connectivity index (χ1) is 6.49. The molecule has 0 aliphatic carbocycles. The summed E-state index contributed by atoms with van der Waals surface area (Å²) in [6, 6.07) is 0. The summed E-state index contributed by atoms with van der Waals surface area (Å²) in [6.07, 6.45) is 0. The molecule has 1 amide bonds. The van der Waals surface area contributed by atoms with Crippen LogP contribution in [0.15, 0.2) is 0 Å². The molecule has 82 valence electrons. The van der Waals surface area contributed by atoms with Gasteiger partial charge in [-0.3, -0.25) is 9.59 Å². The van der Waals surface area contributed by atoms with Gasteiger partial charge in [0, 0.05) is 19.8 Å². The van der Waals surface area contributed by atoms with E-state index in [1.165, 1.54) is 23.8 Å². The second-order valence-electron chi connectivity index (χ2n) is 3.23. The first-order valence-corrected chi connectivity index (χ1v) is 5.50. The van der Waals surface area contributed by atoms with Gasteiger partial charge in [-0.2, -0.15) is 11.8 Å². The molecule has 0 aromatic heterocycles. The van der Waals surface area contributed by atoms with Gasteiger partial charge in [-0.25, -0.2) is 0 Å². The van der Waals surface area contributed by atoms with Crippen molar-refractivity contribution in [1.29, 1.82) is 0 Å². The van der Waals surface area contributed by atoms with Crippen LogP contribution in [0, 0.1) is 5.92 Å². The van der Waals surface area contributed by atoms with Gasteiger partial charge in [0.05, 0.1) is 18.8 Å². The van der Waals surface area contributed by atoms with E-state index in [0.29, 0.717) is 11.5 Å². The van der Waals surface area contributed by atoms with Crippen LogP contribution in [0.25, 0.3) is 0 Å². The average molecular weight is 219 g/mol. The number of amides is 1. The Morgan fingerprint density at radius 3 is 2.43 bits per heavy atom. The molecule has 14 heavy (non-hydrogen) atoms. The van der Waals surface area contributed by atoms with E-state index >= 15 is 0 Å². The van der Waals surface area contributed by atoms with Gasteiger partial charge in [0.1, 0.15) is 0 Å². The highest BCUT2D eigenvalue weighted by Gasteiger charge is 2.13. The van der Waals surface area contributed by atoms with E-state index in [1.807, 2.05) is 0 Å². The molecule has 0 aliphatic rings. The number of nitrogens with zero attached hydrogens (tertiary/aromatic N) is 1. The molecule has 4 nitrogen and oxygen atoms in total. The van der Waals surface area contributed by atoms with Crippen molar-refractivity contribution in [2.45, 2.75) is 6.92 Å². The van der Waals surface area contributed by atoms with E-state index in [9.17, 15) is 9.59 Å². The van der Waals surface area contributed by atoms with Gasteiger partial charge in [0.2, 0.25) is 5.91 Å². The summed E-state index contributed by atoms with van der Waals surface area (Å²) >= 11 is 1.45. The zero-order chi connectivity index (χ0) is 11.1. The standard InChI is InChI=1S/C9H17NO3S/c1-7(9(12)13-4)5-14-6-8(11)10(2)3/h7H,5-6H2,1-4H3. The summed E-state index contributed by atoms with van der Waals surface area (Å²) in [6.45, 7) is 1.79. The summed E-state index contributed by atoms with van der Waals surface area (Å²) in [5.74, 6) is 0.711. The van der Waals surface area contributed by atoms with Crippen LogP contribution in [0.2, 0.25) is 0 Å². The van der Waals surface area contributed by atoms with Gasteiger partial charge >= 0.3 is 5.97 Å². The quantitative estimate of drug-likeness (QED) is 0.636. The Morgan fingerprint density at radius 1 is 1.43 bits per heavy atom. The predicted molar refractivity (Wildman–Crippen MR) is 57.2 cm³/mol. The number of carbonyl (C=O) groups excluding carboxylic acids is 2. The lowest BCUT2D eigenvalue weighted by atomic mass is 10.2. The van der Waals surface area contributed by atoms with Crippen LogP contribution < -0.4 is 0 Å². The van der Waals surface area contributed by atoms with Crippen molar-refractivity contribution in [1.82, 2.24) is 4.90 Å². The van der Waals surface area contributed by atoms with Crippen molar-refractivity contribution in [3.8, 4) is 0 Å². The summed E-state index contributed by atoms with van der Waals surface area (Å²) in [7, 11) is 4.80. The SMILES string of the molecule is COC(=O)C(C)CSCC(=O)N(C)C. The van der Waals surface area contributed by atoms with Crippen LogP contribution in [-0.4, -0.2) is 49.5 Å². The van der Waals surface area contributed by atoms with E-state index in [2.05, 4.69) is 4.74 Å². The molecule has 0 radical (unpaired) electrons. The molecule has 0 bridgehead atoms. The molecule has 0 aliphatic heterocycles. The van der Waals surface area contributed by atoms with Crippen LogP contribution in [0.4, 0.5) is 0 Å². The third kappa shape index (κ3) is 5.11. The number of thioether (sulfide) groups is 1. The average Bonchev–Trinajstić information content (AvgIpc) is 2.15. The van der Waals surface area contributed by atoms with Crippen LogP contribution in [-0.2, 0) is 14.3 Å². The van der Waals surface area contributed by atoms with Crippen molar-refractivity contribution < 1.29 is 14.3 Å². The molecule has 0 spiro atoms. The topological polar surface area (TPSA) is 46.6 Å². The second-order valence-corrected chi connectivity index (χ2v) is 4.26. The Kier molecular flexibility index (Phi) is 6.36. The highest BCUT2D eigenvalue weighted by atomic mass is 32.2. The van der Waals surface area contributed by atoms with Crippen LogP contribution in [0.3, 0.4) is 0 Å². The molecule has 1 atom stereocenters. The minimum Gasteiger partial charge on any atom is -0.469 e. The largest absolute Gasteiger partial charge is 0.469 e. The Hall–Kier alpha value is -0.710. The van der Waals surface area contributed by atoms with E-state index < -0.39 is 0 Å².